The van der Waals surface area contributed by atoms with Gasteiger partial charge in [0.15, 0.2) is 0 Å². The summed E-state index contributed by atoms with van der Waals surface area (Å²) in [4.78, 5) is 0. The highest BCUT2D eigenvalue weighted by molar-refractivity contribution is 7.87. The summed E-state index contributed by atoms with van der Waals surface area (Å²) in [7, 11) is -5.54. The molecule has 0 aliphatic carbocycles. The van der Waals surface area contributed by atoms with Crippen LogP contribution in [0.5, 0.6) is 0 Å². The first kappa shape index (κ1) is 14.2. The van der Waals surface area contributed by atoms with Crippen molar-refractivity contribution in [3.8, 4) is 0 Å². The highest BCUT2D eigenvalue weighted by Crippen LogP contribution is 2.34. The third-order valence-electron chi connectivity index (χ3n) is 3.17. The summed E-state index contributed by atoms with van der Waals surface area (Å²) >= 11 is 0. The molecule has 0 aromatic heterocycles. The molecule has 10 heteroatoms. The van der Waals surface area contributed by atoms with E-state index in [1.807, 2.05) is 0 Å². The second-order valence-corrected chi connectivity index (χ2v) is 7.84. The zero-order valence-electron chi connectivity index (χ0n) is 9.81. The molecule has 0 aromatic carbocycles. The molecule has 2 aliphatic rings. The van der Waals surface area contributed by atoms with Crippen LogP contribution >= 0.6 is 0 Å². The van der Waals surface area contributed by atoms with Gasteiger partial charge in [-0.15, -0.1) is 0 Å². The first-order valence-electron chi connectivity index (χ1n) is 5.15. The molecule has 106 valence electrons. The van der Waals surface area contributed by atoms with Crippen molar-refractivity contribution >= 4 is 20.2 Å². The number of ether oxygens (including phenoxy) is 2. The Morgan fingerprint density at radius 1 is 0.833 bits per heavy atom. The van der Waals surface area contributed by atoms with Crippen LogP contribution in [0.2, 0.25) is 0 Å². The van der Waals surface area contributed by atoms with Gasteiger partial charge in [-0.25, -0.2) is 0 Å². The second kappa shape index (κ2) is 4.69. The van der Waals surface area contributed by atoms with E-state index < -0.39 is 42.9 Å². The second-order valence-electron chi connectivity index (χ2n) is 3.99. The molecule has 2 fully saturated rings. The van der Waals surface area contributed by atoms with E-state index in [0.29, 0.717) is 0 Å². The lowest BCUT2D eigenvalue weighted by molar-refractivity contribution is 0.0732. The van der Waals surface area contributed by atoms with Crippen LogP contribution in [0.25, 0.3) is 0 Å². The van der Waals surface area contributed by atoms with Crippen LogP contribution in [0.1, 0.15) is 0 Å². The summed E-state index contributed by atoms with van der Waals surface area (Å²) in [6, 6.07) is 0. The van der Waals surface area contributed by atoms with Crippen LogP contribution in [0.15, 0.2) is 0 Å². The topological polar surface area (TPSA) is 105 Å². The fourth-order valence-corrected chi connectivity index (χ4v) is 4.28. The van der Waals surface area contributed by atoms with Crippen molar-refractivity contribution in [1.29, 1.82) is 0 Å². The number of hydrogen-bond donors (Lipinski definition) is 0. The molecule has 0 bridgehead atoms. The zero-order valence-corrected chi connectivity index (χ0v) is 11.4. The lowest BCUT2D eigenvalue weighted by Crippen LogP contribution is -2.39. The Morgan fingerprint density at radius 3 is 1.44 bits per heavy atom. The Balaban J connectivity index is 2.23. The van der Waals surface area contributed by atoms with Gasteiger partial charge in [0.25, 0.3) is 20.2 Å². The van der Waals surface area contributed by atoms with Crippen LogP contribution in [-0.4, -0.2) is 67.0 Å². The van der Waals surface area contributed by atoms with Crippen molar-refractivity contribution in [2.24, 2.45) is 0 Å². The maximum atomic E-state index is 11.6. The number of fused-ring (bicyclic) bond motifs is 1. The lowest BCUT2D eigenvalue weighted by atomic mass is 10.2. The van der Waals surface area contributed by atoms with Gasteiger partial charge in [0.1, 0.15) is 22.7 Å². The van der Waals surface area contributed by atoms with E-state index >= 15 is 0 Å². The van der Waals surface area contributed by atoms with Gasteiger partial charge < -0.3 is 9.47 Å². The number of hydrogen-bond acceptors (Lipinski definition) is 8. The zero-order chi connectivity index (χ0) is 13.6. The normalized spacial score (nSPS) is 36.8. The molecule has 0 N–H and O–H groups in total. The van der Waals surface area contributed by atoms with Gasteiger partial charge in [-0.2, -0.15) is 16.8 Å². The maximum Gasteiger partial charge on any atom is 0.274 e. The van der Waals surface area contributed by atoms with E-state index in [1.54, 1.807) is 0 Å². The van der Waals surface area contributed by atoms with E-state index in [0.717, 1.165) is 14.2 Å². The molecule has 0 amide bonds. The Morgan fingerprint density at radius 2 is 1.17 bits per heavy atom. The first-order chi connectivity index (χ1) is 8.33. The van der Waals surface area contributed by atoms with Crippen molar-refractivity contribution in [3.05, 3.63) is 0 Å². The van der Waals surface area contributed by atoms with E-state index in [1.165, 1.54) is 0 Å². The fraction of sp³-hybridized carbons (Fsp3) is 1.00. The fourth-order valence-electron chi connectivity index (χ4n) is 2.17. The smallest absolute Gasteiger partial charge is 0.274 e. The van der Waals surface area contributed by atoms with Crippen LogP contribution in [0, 0.1) is 0 Å². The van der Waals surface area contributed by atoms with Crippen molar-refractivity contribution in [3.63, 3.8) is 0 Å². The van der Waals surface area contributed by atoms with Crippen molar-refractivity contribution in [1.82, 2.24) is 0 Å². The van der Waals surface area contributed by atoms with Gasteiger partial charge in [0.05, 0.1) is 27.4 Å². The summed E-state index contributed by atoms with van der Waals surface area (Å²) in [5.74, 6) is 0. The van der Waals surface area contributed by atoms with E-state index in [9.17, 15) is 16.8 Å². The molecule has 0 spiro atoms. The molecular weight excluding hydrogens is 288 g/mol. The Hall–Kier alpha value is -0.260. The highest BCUT2D eigenvalue weighted by atomic mass is 32.2. The maximum absolute atomic E-state index is 11.6. The molecule has 2 heterocycles. The molecule has 4 atom stereocenters. The quantitative estimate of drug-likeness (QED) is 0.576. The van der Waals surface area contributed by atoms with Crippen molar-refractivity contribution in [2.45, 2.75) is 22.7 Å². The van der Waals surface area contributed by atoms with E-state index in [2.05, 4.69) is 8.37 Å². The molecule has 0 saturated carbocycles. The minimum atomic E-state index is -3.81. The van der Waals surface area contributed by atoms with Gasteiger partial charge in [-0.05, 0) is 0 Å². The molecule has 0 radical (unpaired) electrons. The SMILES string of the molecule is COS(=O)(=O)[C@@H]1CO[C@H]2[C@@H]1OC[C@@H]2S(=O)(=O)OC. The molecule has 0 unspecified atom stereocenters. The third-order valence-corrected chi connectivity index (χ3v) is 6.39. The largest absolute Gasteiger partial charge is 0.372 e. The van der Waals surface area contributed by atoms with Crippen LogP contribution < -0.4 is 0 Å². The van der Waals surface area contributed by atoms with Crippen molar-refractivity contribution in [2.75, 3.05) is 27.4 Å². The van der Waals surface area contributed by atoms with Gasteiger partial charge >= 0.3 is 0 Å². The van der Waals surface area contributed by atoms with Gasteiger partial charge in [-0.3, -0.25) is 8.37 Å². The minimum Gasteiger partial charge on any atom is -0.372 e. The van der Waals surface area contributed by atoms with Crippen LogP contribution in [0.4, 0.5) is 0 Å². The summed E-state index contributed by atoms with van der Waals surface area (Å²) < 4.78 is 65.7. The molecule has 8 nitrogen and oxygen atoms in total. The summed E-state index contributed by atoms with van der Waals surface area (Å²) in [5, 5.41) is -2.02. The average Bonchev–Trinajstić information content (AvgIpc) is 2.88. The minimum absolute atomic E-state index is 0.152. The van der Waals surface area contributed by atoms with Gasteiger partial charge in [0, 0.05) is 0 Å². The van der Waals surface area contributed by atoms with Gasteiger partial charge in [-0.1, -0.05) is 0 Å². The predicted octanol–water partition coefficient (Wildman–Crippen LogP) is -1.53. The first-order valence-corrected chi connectivity index (χ1v) is 8.10. The Kier molecular flexibility index (Phi) is 3.69. The molecular formula is C8H14O8S2. The Labute approximate surface area is 105 Å². The van der Waals surface area contributed by atoms with Crippen molar-refractivity contribution < 1.29 is 34.7 Å². The monoisotopic (exact) mass is 302 g/mol. The standard InChI is InChI=1S/C8H14O8S2/c1-13-17(9,10)5-3-15-8-6(4-16-7(5)8)18(11,12)14-2/h5-8H,3-4H2,1-2H3/t5-,6+,7-,8-/m1/s1. The van der Waals surface area contributed by atoms with Crippen LogP contribution in [0.3, 0.4) is 0 Å². The molecule has 2 saturated heterocycles. The Bertz CT molecular complexity index is 461. The molecule has 18 heavy (non-hydrogen) atoms. The number of rotatable bonds is 4. The lowest BCUT2D eigenvalue weighted by Gasteiger charge is -2.15. The van der Waals surface area contributed by atoms with E-state index in [-0.39, 0.29) is 13.2 Å². The predicted molar refractivity (Wildman–Crippen MR) is 58.9 cm³/mol. The van der Waals surface area contributed by atoms with E-state index in [4.69, 9.17) is 9.47 Å². The molecule has 2 aliphatic heterocycles. The average molecular weight is 302 g/mol. The third kappa shape index (κ3) is 2.17. The summed E-state index contributed by atoms with van der Waals surface area (Å²) in [6.45, 7) is -0.303. The summed E-state index contributed by atoms with van der Waals surface area (Å²) in [5.41, 5.74) is 0. The molecule has 0 aromatic rings. The molecule has 2 rings (SSSR count). The van der Waals surface area contributed by atoms with Gasteiger partial charge in [0.2, 0.25) is 0 Å². The summed E-state index contributed by atoms with van der Waals surface area (Å²) in [6.07, 6.45) is -1.69. The van der Waals surface area contributed by atoms with Crippen LogP contribution in [-0.2, 0) is 38.1 Å². The highest BCUT2D eigenvalue weighted by Gasteiger charge is 2.56.